The Morgan fingerprint density at radius 1 is 0.943 bits per heavy atom. The lowest BCUT2D eigenvalue weighted by Crippen LogP contribution is -2.62. The molecule has 194 valence electrons. The Morgan fingerprint density at radius 3 is 1.91 bits per heavy atom. The molecule has 1 aromatic rings. The van der Waals surface area contributed by atoms with Gasteiger partial charge in [-0.15, -0.1) is 0 Å². The van der Waals surface area contributed by atoms with Crippen molar-refractivity contribution in [1.29, 1.82) is 0 Å². The lowest BCUT2D eigenvalue weighted by Gasteiger charge is -2.58. The van der Waals surface area contributed by atoms with Gasteiger partial charge in [0.15, 0.2) is 28.2 Å². The van der Waals surface area contributed by atoms with Gasteiger partial charge in [-0.3, -0.25) is 9.59 Å². The molecule has 0 radical (unpaired) electrons. The van der Waals surface area contributed by atoms with Crippen molar-refractivity contribution in [3.63, 3.8) is 0 Å². The molecule has 0 aliphatic heterocycles. The van der Waals surface area contributed by atoms with E-state index in [9.17, 15) is 40.0 Å². The predicted octanol–water partition coefficient (Wildman–Crippen LogP) is 2.63. The maximum absolute atomic E-state index is 14.0. The fourth-order valence-corrected chi connectivity index (χ4v) is 8.02. The molecule has 4 bridgehead atoms. The van der Waals surface area contributed by atoms with Crippen LogP contribution in [0.4, 0.5) is 22.0 Å². The standard InChI is InChI=1S/C22H26F5N3O4S/c1-21(2,30-35(33,34)19-16(26)14(24)13(23)15(25)17(19)27)8-12(31)29-18-10-3-9-4-11(18)7-22(5-9,6-10)20(28)32/h9-11,18,30H,3-8H2,1-2H3,(H2,28,32)(H,29,31). The van der Waals surface area contributed by atoms with Gasteiger partial charge >= 0.3 is 0 Å². The molecule has 4 N–H and O–H groups in total. The van der Waals surface area contributed by atoms with Crippen molar-refractivity contribution in [3.05, 3.63) is 29.1 Å². The van der Waals surface area contributed by atoms with Crippen LogP contribution in [0.15, 0.2) is 4.90 Å². The minimum absolute atomic E-state index is 0.0471. The average molecular weight is 524 g/mol. The van der Waals surface area contributed by atoms with E-state index in [0.717, 1.165) is 19.3 Å². The van der Waals surface area contributed by atoms with E-state index in [2.05, 4.69) is 5.32 Å². The van der Waals surface area contributed by atoms with E-state index in [1.54, 1.807) is 0 Å². The first-order valence-electron chi connectivity index (χ1n) is 11.2. The Morgan fingerprint density at radius 2 is 1.43 bits per heavy atom. The first kappa shape index (κ1) is 25.8. The largest absolute Gasteiger partial charge is 0.369 e. The second kappa shape index (κ2) is 8.39. The molecule has 4 aliphatic rings. The third-order valence-electron chi connectivity index (χ3n) is 7.57. The van der Waals surface area contributed by atoms with Gasteiger partial charge in [-0.2, -0.15) is 0 Å². The zero-order chi connectivity index (χ0) is 26.1. The molecule has 5 rings (SSSR count). The van der Waals surface area contributed by atoms with Crippen LogP contribution in [-0.4, -0.2) is 31.8 Å². The summed E-state index contributed by atoms with van der Waals surface area (Å²) in [7, 11) is -5.23. The normalized spacial score (nSPS) is 29.9. The summed E-state index contributed by atoms with van der Waals surface area (Å²) in [6.07, 6.45) is 3.09. The molecule has 2 amide bonds. The van der Waals surface area contributed by atoms with Crippen molar-refractivity contribution in [2.45, 2.75) is 68.8 Å². The highest BCUT2D eigenvalue weighted by atomic mass is 32.2. The monoisotopic (exact) mass is 523 g/mol. The van der Waals surface area contributed by atoms with Gasteiger partial charge < -0.3 is 11.1 Å². The van der Waals surface area contributed by atoms with Crippen LogP contribution >= 0.6 is 0 Å². The molecule has 2 unspecified atom stereocenters. The van der Waals surface area contributed by atoms with Crippen LogP contribution in [0.1, 0.15) is 52.4 Å². The molecule has 0 saturated heterocycles. The number of hydrogen-bond donors (Lipinski definition) is 3. The summed E-state index contributed by atoms with van der Waals surface area (Å²) in [4.78, 5) is 22.9. The van der Waals surface area contributed by atoms with E-state index in [1.165, 1.54) is 13.8 Å². The number of primary amides is 1. The quantitative estimate of drug-likeness (QED) is 0.289. The summed E-state index contributed by atoms with van der Waals surface area (Å²) >= 11 is 0. The maximum Gasteiger partial charge on any atom is 0.247 e. The van der Waals surface area contributed by atoms with Crippen LogP contribution in [0, 0.1) is 52.3 Å². The molecule has 7 nitrogen and oxygen atoms in total. The van der Waals surface area contributed by atoms with Crippen LogP contribution in [0.25, 0.3) is 0 Å². The number of hydrogen-bond acceptors (Lipinski definition) is 4. The smallest absolute Gasteiger partial charge is 0.247 e. The molecule has 0 spiro atoms. The Bertz CT molecular complexity index is 1160. The van der Waals surface area contributed by atoms with Gasteiger partial charge in [0, 0.05) is 23.4 Å². The van der Waals surface area contributed by atoms with E-state index >= 15 is 0 Å². The Balaban J connectivity index is 1.47. The van der Waals surface area contributed by atoms with E-state index in [4.69, 9.17) is 5.73 Å². The molecule has 4 saturated carbocycles. The topological polar surface area (TPSA) is 118 Å². The molecular formula is C22H26F5N3O4S. The number of halogens is 5. The summed E-state index contributed by atoms with van der Waals surface area (Å²) in [5.41, 5.74) is 3.47. The van der Waals surface area contributed by atoms with Crippen LogP contribution in [0.5, 0.6) is 0 Å². The SMILES string of the molecule is CC(C)(CC(=O)NC1C2CC3CC1CC(C(N)=O)(C3)C2)NS(=O)(=O)c1c(F)c(F)c(F)c(F)c1F. The van der Waals surface area contributed by atoms with Crippen molar-refractivity contribution in [3.8, 4) is 0 Å². The minimum atomic E-state index is -5.23. The lowest BCUT2D eigenvalue weighted by atomic mass is 9.47. The van der Waals surface area contributed by atoms with Crippen molar-refractivity contribution in [2.24, 2.45) is 28.9 Å². The van der Waals surface area contributed by atoms with Gasteiger partial charge in [0.1, 0.15) is 0 Å². The van der Waals surface area contributed by atoms with Crippen LogP contribution in [0.2, 0.25) is 0 Å². The highest BCUT2D eigenvalue weighted by Gasteiger charge is 2.58. The van der Waals surface area contributed by atoms with E-state index in [1.807, 2.05) is 4.72 Å². The van der Waals surface area contributed by atoms with Crippen molar-refractivity contribution >= 4 is 21.8 Å². The van der Waals surface area contributed by atoms with Crippen molar-refractivity contribution in [1.82, 2.24) is 10.0 Å². The highest BCUT2D eigenvalue weighted by Crippen LogP contribution is 2.59. The van der Waals surface area contributed by atoms with E-state index < -0.39 is 67.3 Å². The number of sulfonamides is 1. The zero-order valence-corrected chi connectivity index (χ0v) is 19.9. The van der Waals surface area contributed by atoms with Crippen LogP contribution in [0.3, 0.4) is 0 Å². The fourth-order valence-electron chi connectivity index (χ4n) is 6.47. The van der Waals surface area contributed by atoms with Crippen LogP contribution < -0.4 is 15.8 Å². The molecule has 4 fully saturated rings. The molecule has 35 heavy (non-hydrogen) atoms. The van der Waals surface area contributed by atoms with Gasteiger partial charge in [-0.05, 0) is 63.7 Å². The summed E-state index contributed by atoms with van der Waals surface area (Å²) in [5, 5.41) is 2.90. The number of amides is 2. The molecule has 0 aromatic heterocycles. The maximum atomic E-state index is 14.0. The van der Waals surface area contributed by atoms with Crippen LogP contribution in [-0.2, 0) is 19.6 Å². The third kappa shape index (κ3) is 4.41. The molecular weight excluding hydrogens is 497 g/mol. The van der Waals surface area contributed by atoms with E-state index in [0.29, 0.717) is 18.8 Å². The summed E-state index contributed by atoms with van der Waals surface area (Å²) < 4.78 is 95.4. The summed E-state index contributed by atoms with van der Waals surface area (Å²) in [6.45, 7) is 2.49. The van der Waals surface area contributed by atoms with Gasteiger partial charge in [0.2, 0.25) is 27.7 Å². The van der Waals surface area contributed by atoms with Crippen molar-refractivity contribution < 1.29 is 40.0 Å². The summed E-state index contributed by atoms with van der Waals surface area (Å²) in [6, 6.07) is -0.228. The first-order chi connectivity index (χ1) is 16.1. The zero-order valence-electron chi connectivity index (χ0n) is 19.1. The predicted molar refractivity (Wildman–Crippen MR) is 112 cm³/mol. The van der Waals surface area contributed by atoms with Gasteiger partial charge in [0.05, 0.1) is 0 Å². The Hall–Kier alpha value is -2.28. The average Bonchev–Trinajstić information content (AvgIpc) is 2.71. The second-order valence-electron chi connectivity index (χ2n) is 10.8. The first-order valence-corrected chi connectivity index (χ1v) is 12.7. The lowest BCUT2D eigenvalue weighted by molar-refractivity contribution is -0.147. The number of nitrogens with one attached hydrogen (secondary N) is 2. The van der Waals surface area contributed by atoms with Crippen molar-refractivity contribution in [2.75, 3.05) is 0 Å². The third-order valence-corrected chi connectivity index (χ3v) is 9.29. The van der Waals surface area contributed by atoms with Gasteiger partial charge in [-0.25, -0.2) is 35.1 Å². The number of carbonyl (C=O) groups is 2. The minimum Gasteiger partial charge on any atom is -0.369 e. The molecule has 4 aliphatic carbocycles. The number of carbonyl (C=O) groups excluding carboxylic acids is 2. The summed E-state index contributed by atoms with van der Waals surface area (Å²) in [5.74, 6) is -12.7. The van der Waals surface area contributed by atoms with Gasteiger partial charge in [0.25, 0.3) is 0 Å². The molecule has 2 atom stereocenters. The van der Waals surface area contributed by atoms with Gasteiger partial charge in [-0.1, -0.05) is 0 Å². The highest BCUT2D eigenvalue weighted by molar-refractivity contribution is 7.89. The van der Waals surface area contributed by atoms with E-state index in [-0.39, 0.29) is 23.8 Å². The second-order valence-corrected chi connectivity index (χ2v) is 12.4. The molecule has 1 aromatic carbocycles. The molecule has 0 heterocycles. The molecule has 13 heteroatoms. The fraction of sp³-hybridized carbons (Fsp3) is 0.636. The Kier molecular flexibility index (Phi) is 6.19. The number of nitrogens with two attached hydrogens (primary N) is 1. The number of benzene rings is 1. The number of rotatable bonds is 7. The Labute approximate surface area is 199 Å².